The van der Waals surface area contributed by atoms with Crippen LogP contribution >= 0.6 is 0 Å². The Bertz CT molecular complexity index is 791. The molecule has 2 aliphatic rings. The van der Waals surface area contributed by atoms with Gasteiger partial charge in [-0.2, -0.15) is 0 Å². The summed E-state index contributed by atoms with van der Waals surface area (Å²) in [5.41, 5.74) is 3.68. The first-order valence-corrected chi connectivity index (χ1v) is 8.67. The fourth-order valence-electron chi connectivity index (χ4n) is 3.19. The van der Waals surface area contributed by atoms with E-state index in [-0.39, 0.29) is 18.4 Å². The molecule has 3 heterocycles. The van der Waals surface area contributed by atoms with Crippen LogP contribution in [0.3, 0.4) is 0 Å². The summed E-state index contributed by atoms with van der Waals surface area (Å²) in [4.78, 5) is 33.5. The predicted octanol–water partition coefficient (Wildman–Crippen LogP) is 0.723. The molecule has 2 aliphatic heterocycles. The van der Waals surface area contributed by atoms with Crippen molar-refractivity contribution in [1.82, 2.24) is 25.2 Å². The monoisotopic (exact) mass is 355 g/mol. The number of hydrazine groups is 1. The number of likely N-dealkylation sites (N-methyl/N-ethyl adjacent to an activating group) is 1. The second kappa shape index (κ2) is 6.99. The maximum Gasteiger partial charge on any atom is 0.276 e. The fourth-order valence-corrected chi connectivity index (χ4v) is 3.19. The van der Waals surface area contributed by atoms with Gasteiger partial charge in [0.2, 0.25) is 5.89 Å². The van der Waals surface area contributed by atoms with Gasteiger partial charge < -0.3 is 9.32 Å². The van der Waals surface area contributed by atoms with Crippen LogP contribution in [0.5, 0.6) is 0 Å². The largest absolute Gasteiger partial charge is 0.443 e. The van der Waals surface area contributed by atoms with Crippen molar-refractivity contribution in [3.8, 4) is 0 Å². The molecular weight excluding hydrogens is 334 g/mol. The number of benzene rings is 1. The topological polar surface area (TPSA) is 81.9 Å². The lowest BCUT2D eigenvalue weighted by atomic mass is 10.1. The first kappa shape index (κ1) is 16.9. The molecule has 0 spiro atoms. The zero-order valence-electron chi connectivity index (χ0n) is 14.6. The highest BCUT2D eigenvalue weighted by Gasteiger charge is 2.35. The van der Waals surface area contributed by atoms with Gasteiger partial charge >= 0.3 is 0 Å². The highest BCUT2D eigenvalue weighted by Crippen LogP contribution is 2.21. The first-order valence-electron chi connectivity index (χ1n) is 8.67. The van der Waals surface area contributed by atoms with Gasteiger partial charge in [-0.25, -0.2) is 15.4 Å². The molecule has 8 nitrogen and oxygen atoms in total. The minimum absolute atomic E-state index is 0.223. The number of amides is 2. The minimum atomic E-state index is -0.345. The smallest absolute Gasteiger partial charge is 0.276 e. The van der Waals surface area contributed by atoms with Crippen LogP contribution in [-0.4, -0.2) is 64.8 Å². The molecule has 1 N–H and O–H groups in total. The van der Waals surface area contributed by atoms with E-state index in [1.54, 1.807) is 30.5 Å². The van der Waals surface area contributed by atoms with Crippen LogP contribution in [0.1, 0.15) is 32.4 Å². The van der Waals surface area contributed by atoms with E-state index in [2.05, 4.69) is 27.3 Å². The van der Waals surface area contributed by atoms with Crippen LogP contribution in [0.15, 0.2) is 34.9 Å². The van der Waals surface area contributed by atoms with Gasteiger partial charge in [0.1, 0.15) is 5.76 Å². The van der Waals surface area contributed by atoms with Crippen molar-refractivity contribution >= 4 is 11.8 Å². The molecule has 136 valence electrons. The van der Waals surface area contributed by atoms with Gasteiger partial charge in [-0.15, -0.1) is 0 Å². The van der Waals surface area contributed by atoms with Crippen LogP contribution in [0.25, 0.3) is 0 Å². The average Bonchev–Trinajstić information content (AvgIpc) is 3.19. The molecule has 0 bridgehead atoms. The Morgan fingerprint density at radius 1 is 1.08 bits per heavy atom. The lowest BCUT2D eigenvalue weighted by molar-refractivity contribution is 0.0557. The van der Waals surface area contributed by atoms with Gasteiger partial charge in [-0.1, -0.05) is 12.1 Å². The molecule has 26 heavy (non-hydrogen) atoms. The van der Waals surface area contributed by atoms with E-state index in [9.17, 15) is 9.59 Å². The van der Waals surface area contributed by atoms with Gasteiger partial charge in [0.15, 0.2) is 0 Å². The summed E-state index contributed by atoms with van der Waals surface area (Å²) in [7, 11) is 2.12. The molecule has 2 amide bonds. The van der Waals surface area contributed by atoms with E-state index in [1.807, 2.05) is 0 Å². The van der Waals surface area contributed by atoms with Crippen LogP contribution in [0, 0.1) is 0 Å². The Kier molecular flexibility index (Phi) is 4.54. The number of carbonyl (C=O) groups excluding carboxylic acids is 2. The van der Waals surface area contributed by atoms with Crippen molar-refractivity contribution in [3.05, 3.63) is 53.2 Å². The predicted molar refractivity (Wildman–Crippen MR) is 93.1 cm³/mol. The summed E-state index contributed by atoms with van der Waals surface area (Å²) < 4.78 is 5.74. The van der Waals surface area contributed by atoms with E-state index < -0.39 is 0 Å². The zero-order valence-corrected chi connectivity index (χ0v) is 14.6. The Balaban J connectivity index is 1.34. The highest BCUT2D eigenvalue weighted by atomic mass is 16.4. The van der Waals surface area contributed by atoms with Gasteiger partial charge in [0.25, 0.3) is 11.8 Å². The van der Waals surface area contributed by atoms with Crippen molar-refractivity contribution in [2.24, 2.45) is 0 Å². The maximum atomic E-state index is 12.3. The summed E-state index contributed by atoms with van der Waals surface area (Å²) >= 11 is 0. The molecule has 2 aromatic rings. The van der Waals surface area contributed by atoms with E-state index in [0.29, 0.717) is 29.3 Å². The first-order chi connectivity index (χ1) is 12.6. The van der Waals surface area contributed by atoms with E-state index in [4.69, 9.17) is 4.42 Å². The molecular formula is C18H21N5O3. The Morgan fingerprint density at radius 3 is 2.38 bits per heavy atom. The number of carbonyl (C=O) groups is 2. The Labute approximate surface area is 151 Å². The van der Waals surface area contributed by atoms with Gasteiger partial charge in [-0.05, 0) is 19.2 Å². The van der Waals surface area contributed by atoms with E-state index >= 15 is 0 Å². The van der Waals surface area contributed by atoms with Crippen molar-refractivity contribution in [2.45, 2.75) is 13.1 Å². The third-order valence-corrected chi connectivity index (χ3v) is 4.76. The summed E-state index contributed by atoms with van der Waals surface area (Å²) in [6, 6.07) is 6.79. The summed E-state index contributed by atoms with van der Waals surface area (Å²) in [6.45, 7) is 4.94. The number of oxazole rings is 1. The van der Waals surface area contributed by atoms with Crippen LogP contribution in [-0.2, 0) is 13.1 Å². The van der Waals surface area contributed by atoms with Crippen molar-refractivity contribution < 1.29 is 14.0 Å². The standard InChI is InChI=1S/C18H21N5O3/c1-21-6-8-22(9-7-21)12-16-19-10-13(26-16)11-20-23-17(24)14-4-2-3-5-15(14)18(23)25/h2-5,10,20H,6-9,11-12H2,1H3. The van der Waals surface area contributed by atoms with Crippen molar-refractivity contribution in [3.63, 3.8) is 0 Å². The van der Waals surface area contributed by atoms with Crippen molar-refractivity contribution in [1.29, 1.82) is 0 Å². The van der Waals surface area contributed by atoms with Crippen LogP contribution in [0.2, 0.25) is 0 Å². The maximum absolute atomic E-state index is 12.3. The summed E-state index contributed by atoms with van der Waals surface area (Å²) in [6.07, 6.45) is 1.64. The number of aromatic nitrogens is 1. The number of nitrogens with one attached hydrogen (secondary N) is 1. The number of hydrogen-bond donors (Lipinski definition) is 1. The molecule has 1 fully saturated rings. The van der Waals surface area contributed by atoms with E-state index in [1.165, 1.54) is 0 Å². The number of piperazine rings is 1. The Morgan fingerprint density at radius 2 is 1.73 bits per heavy atom. The van der Waals surface area contributed by atoms with Crippen LogP contribution in [0.4, 0.5) is 0 Å². The second-order valence-corrected chi connectivity index (χ2v) is 6.63. The molecule has 1 aromatic heterocycles. The quantitative estimate of drug-likeness (QED) is 0.792. The average molecular weight is 355 g/mol. The number of rotatable bonds is 5. The SMILES string of the molecule is CN1CCN(Cc2ncc(CNN3C(=O)c4ccccc4C3=O)o2)CC1. The molecule has 4 rings (SSSR count). The normalized spacial score (nSPS) is 18.6. The number of hydrogen-bond acceptors (Lipinski definition) is 7. The molecule has 0 radical (unpaired) electrons. The molecule has 0 atom stereocenters. The molecule has 1 aromatic carbocycles. The molecule has 0 saturated carbocycles. The summed E-state index contributed by atoms with van der Waals surface area (Å²) in [5.74, 6) is 0.546. The lowest BCUT2D eigenvalue weighted by Crippen LogP contribution is -2.43. The molecule has 8 heteroatoms. The third-order valence-electron chi connectivity index (χ3n) is 4.76. The minimum Gasteiger partial charge on any atom is -0.443 e. The van der Waals surface area contributed by atoms with Gasteiger partial charge in [0.05, 0.1) is 30.4 Å². The number of imide groups is 1. The number of nitrogens with zero attached hydrogens (tertiary/aromatic N) is 4. The molecule has 1 saturated heterocycles. The summed E-state index contributed by atoms with van der Waals surface area (Å²) in [5, 5.41) is 1.04. The van der Waals surface area contributed by atoms with Crippen LogP contribution < -0.4 is 5.43 Å². The molecule has 0 aliphatic carbocycles. The lowest BCUT2D eigenvalue weighted by Gasteiger charge is -2.31. The Hall–Kier alpha value is -2.55. The highest BCUT2D eigenvalue weighted by molar-refractivity contribution is 6.20. The van der Waals surface area contributed by atoms with Gasteiger partial charge in [-0.3, -0.25) is 14.5 Å². The molecule has 0 unspecified atom stereocenters. The van der Waals surface area contributed by atoms with Gasteiger partial charge in [0, 0.05) is 26.2 Å². The fraction of sp³-hybridized carbons (Fsp3) is 0.389. The number of fused-ring (bicyclic) bond motifs is 1. The second-order valence-electron chi connectivity index (χ2n) is 6.63. The zero-order chi connectivity index (χ0) is 18.1. The van der Waals surface area contributed by atoms with Crippen molar-refractivity contribution in [2.75, 3.05) is 33.2 Å². The van der Waals surface area contributed by atoms with E-state index in [0.717, 1.165) is 31.2 Å². The third kappa shape index (κ3) is 3.26.